The number of amides is 2. The first-order chi connectivity index (χ1) is 10.0. The third kappa shape index (κ3) is 2.37. The van der Waals surface area contributed by atoms with Crippen LogP contribution in [0, 0.1) is 6.92 Å². The monoisotopic (exact) mass is 350 g/mol. The number of halogens is 1. The third-order valence-electron chi connectivity index (χ3n) is 4.41. The third-order valence-corrected chi connectivity index (χ3v) is 5.08. The SMILES string of the molecule is Cc1ccc(Br)c(N2C(=O)C3CCCCN3C(=O)C2C)c1. The Labute approximate surface area is 133 Å². The van der Waals surface area contributed by atoms with Crippen molar-refractivity contribution in [1.82, 2.24) is 4.90 Å². The lowest BCUT2D eigenvalue weighted by molar-refractivity contribution is -0.147. The van der Waals surface area contributed by atoms with Crippen molar-refractivity contribution in [3.05, 3.63) is 28.2 Å². The van der Waals surface area contributed by atoms with E-state index in [2.05, 4.69) is 15.9 Å². The molecule has 2 fully saturated rings. The molecule has 2 atom stereocenters. The van der Waals surface area contributed by atoms with E-state index in [-0.39, 0.29) is 17.9 Å². The Morgan fingerprint density at radius 1 is 1.19 bits per heavy atom. The van der Waals surface area contributed by atoms with Crippen molar-refractivity contribution in [1.29, 1.82) is 0 Å². The maximum absolute atomic E-state index is 12.9. The van der Waals surface area contributed by atoms with Crippen LogP contribution in [0.5, 0.6) is 0 Å². The molecular weight excluding hydrogens is 332 g/mol. The highest BCUT2D eigenvalue weighted by molar-refractivity contribution is 9.10. The largest absolute Gasteiger partial charge is 0.329 e. The molecule has 2 unspecified atom stereocenters. The Bertz CT molecular complexity index is 602. The van der Waals surface area contributed by atoms with Crippen molar-refractivity contribution >= 4 is 33.4 Å². The number of anilines is 1. The second kappa shape index (κ2) is 5.44. The lowest BCUT2D eigenvalue weighted by Crippen LogP contribution is -2.65. The molecule has 2 aliphatic heterocycles. The molecule has 5 heteroatoms. The van der Waals surface area contributed by atoms with Gasteiger partial charge in [0.15, 0.2) is 0 Å². The summed E-state index contributed by atoms with van der Waals surface area (Å²) in [7, 11) is 0. The second-order valence-electron chi connectivity index (χ2n) is 5.88. The van der Waals surface area contributed by atoms with Crippen LogP contribution in [0.25, 0.3) is 0 Å². The van der Waals surface area contributed by atoms with E-state index in [1.807, 2.05) is 32.0 Å². The zero-order valence-electron chi connectivity index (χ0n) is 12.3. The number of hydrogen-bond acceptors (Lipinski definition) is 2. The maximum atomic E-state index is 12.9. The van der Waals surface area contributed by atoms with Gasteiger partial charge in [0.1, 0.15) is 12.1 Å². The van der Waals surface area contributed by atoms with E-state index >= 15 is 0 Å². The van der Waals surface area contributed by atoms with Gasteiger partial charge in [0.05, 0.1) is 5.69 Å². The summed E-state index contributed by atoms with van der Waals surface area (Å²) < 4.78 is 0.852. The highest BCUT2D eigenvalue weighted by Gasteiger charge is 2.45. The van der Waals surface area contributed by atoms with Gasteiger partial charge in [0, 0.05) is 11.0 Å². The summed E-state index contributed by atoms with van der Waals surface area (Å²) >= 11 is 3.51. The highest BCUT2D eigenvalue weighted by Crippen LogP contribution is 2.34. The predicted molar refractivity (Wildman–Crippen MR) is 85.2 cm³/mol. The summed E-state index contributed by atoms with van der Waals surface area (Å²) in [5, 5.41) is 0. The highest BCUT2D eigenvalue weighted by atomic mass is 79.9. The summed E-state index contributed by atoms with van der Waals surface area (Å²) in [6.07, 6.45) is 2.78. The molecule has 0 N–H and O–H groups in total. The van der Waals surface area contributed by atoms with E-state index in [9.17, 15) is 9.59 Å². The maximum Gasteiger partial charge on any atom is 0.250 e. The number of benzene rings is 1. The molecule has 0 saturated carbocycles. The summed E-state index contributed by atoms with van der Waals surface area (Å²) in [5.74, 6) is 0.112. The molecule has 2 heterocycles. The number of hydrogen-bond donors (Lipinski definition) is 0. The second-order valence-corrected chi connectivity index (χ2v) is 6.74. The lowest BCUT2D eigenvalue weighted by Gasteiger charge is -2.46. The van der Waals surface area contributed by atoms with Crippen LogP contribution in [0.1, 0.15) is 31.7 Å². The molecular formula is C16H19BrN2O2. The van der Waals surface area contributed by atoms with E-state index < -0.39 is 6.04 Å². The molecule has 0 radical (unpaired) electrons. The molecule has 0 bridgehead atoms. The topological polar surface area (TPSA) is 40.6 Å². The van der Waals surface area contributed by atoms with Crippen molar-refractivity contribution in [3.63, 3.8) is 0 Å². The van der Waals surface area contributed by atoms with Gasteiger partial charge in [-0.25, -0.2) is 0 Å². The summed E-state index contributed by atoms with van der Waals surface area (Å²) in [4.78, 5) is 28.9. The Morgan fingerprint density at radius 3 is 2.71 bits per heavy atom. The lowest BCUT2D eigenvalue weighted by atomic mass is 9.95. The normalized spacial score (nSPS) is 26.0. The standard InChI is InChI=1S/C16H19BrN2O2/c1-10-6-7-12(17)14(9-10)19-11(2)15(20)18-8-4-3-5-13(18)16(19)21/h6-7,9,11,13H,3-5,8H2,1-2H3. The first kappa shape index (κ1) is 14.6. The minimum Gasteiger partial charge on any atom is -0.329 e. The Morgan fingerprint density at radius 2 is 1.95 bits per heavy atom. The molecule has 3 rings (SSSR count). The first-order valence-corrected chi connectivity index (χ1v) is 8.19. The molecule has 112 valence electrons. The quantitative estimate of drug-likeness (QED) is 0.781. The number of piperidine rings is 1. The zero-order chi connectivity index (χ0) is 15.1. The number of carbonyl (C=O) groups excluding carboxylic acids is 2. The van der Waals surface area contributed by atoms with Gasteiger partial charge >= 0.3 is 0 Å². The van der Waals surface area contributed by atoms with Crippen molar-refractivity contribution in [3.8, 4) is 0 Å². The van der Waals surface area contributed by atoms with Crippen LogP contribution in [-0.2, 0) is 9.59 Å². The fraction of sp³-hybridized carbons (Fsp3) is 0.500. The number of nitrogens with zero attached hydrogens (tertiary/aromatic N) is 2. The van der Waals surface area contributed by atoms with Crippen LogP contribution in [0.4, 0.5) is 5.69 Å². The number of aryl methyl sites for hydroxylation is 1. The Kier molecular flexibility index (Phi) is 3.78. The van der Waals surface area contributed by atoms with Gasteiger partial charge in [-0.1, -0.05) is 6.07 Å². The van der Waals surface area contributed by atoms with Crippen molar-refractivity contribution < 1.29 is 9.59 Å². The molecule has 2 saturated heterocycles. The molecule has 1 aromatic carbocycles. The Hall–Kier alpha value is -1.36. The summed E-state index contributed by atoms with van der Waals surface area (Å²) in [6, 6.07) is 5.16. The fourth-order valence-electron chi connectivity index (χ4n) is 3.29. The van der Waals surface area contributed by atoms with Crippen molar-refractivity contribution in [2.75, 3.05) is 11.4 Å². The van der Waals surface area contributed by atoms with E-state index in [1.165, 1.54) is 0 Å². The summed E-state index contributed by atoms with van der Waals surface area (Å²) in [6.45, 7) is 4.52. The molecule has 0 spiro atoms. The van der Waals surface area contributed by atoms with E-state index in [0.717, 1.165) is 35.0 Å². The molecule has 1 aromatic rings. The van der Waals surface area contributed by atoms with Gasteiger partial charge in [0.25, 0.3) is 5.91 Å². The molecule has 2 aliphatic rings. The van der Waals surface area contributed by atoms with Gasteiger partial charge in [-0.3, -0.25) is 14.5 Å². The van der Waals surface area contributed by atoms with E-state index in [0.29, 0.717) is 6.54 Å². The van der Waals surface area contributed by atoms with E-state index in [4.69, 9.17) is 0 Å². The smallest absolute Gasteiger partial charge is 0.250 e. The van der Waals surface area contributed by atoms with Gasteiger partial charge in [-0.2, -0.15) is 0 Å². The van der Waals surface area contributed by atoms with Crippen LogP contribution in [0.2, 0.25) is 0 Å². The van der Waals surface area contributed by atoms with Gasteiger partial charge in [-0.05, 0) is 66.7 Å². The van der Waals surface area contributed by atoms with Crippen LogP contribution >= 0.6 is 15.9 Å². The first-order valence-electron chi connectivity index (χ1n) is 7.40. The van der Waals surface area contributed by atoms with Crippen LogP contribution in [0.3, 0.4) is 0 Å². The van der Waals surface area contributed by atoms with Crippen LogP contribution in [0.15, 0.2) is 22.7 Å². The van der Waals surface area contributed by atoms with Gasteiger partial charge < -0.3 is 4.90 Å². The number of rotatable bonds is 1. The number of carbonyl (C=O) groups is 2. The minimum atomic E-state index is -0.440. The van der Waals surface area contributed by atoms with Crippen molar-refractivity contribution in [2.24, 2.45) is 0 Å². The van der Waals surface area contributed by atoms with Crippen LogP contribution in [-0.4, -0.2) is 35.3 Å². The average Bonchev–Trinajstić information content (AvgIpc) is 2.49. The fourth-order valence-corrected chi connectivity index (χ4v) is 3.73. The molecule has 0 aromatic heterocycles. The van der Waals surface area contributed by atoms with Crippen LogP contribution < -0.4 is 4.90 Å². The van der Waals surface area contributed by atoms with E-state index in [1.54, 1.807) is 9.80 Å². The molecule has 4 nitrogen and oxygen atoms in total. The molecule has 0 aliphatic carbocycles. The van der Waals surface area contributed by atoms with Gasteiger partial charge in [-0.15, -0.1) is 0 Å². The zero-order valence-corrected chi connectivity index (χ0v) is 13.9. The van der Waals surface area contributed by atoms with Crippen molar-refractivity contribution in [2.45, 2.75) is 45.2 Å². The minimum absolute atomic E-state index is 0.0492. The molecule has 2 amide bonds. The summed E-state index contributed by atoms with van der Waals surface area (Å²) in [5.41, 5.74) is 1.87. The molecule has 21 heavy (non-hydrogen) atoms. The number of piperazine rings is 1. The predicted octanol–water partition coefficient (Wildman–Crippen LogP) is 2.87. The average molecular weight is 351 g/mol. The number of fused-ring (bicyclic) bond motifs is 1. The Balaban J connectivity index is 2.03. The van der Waals surface area contributed by atoms with Gasteiger partial charge in [0.2, 0.25) is 5.91 Å².